The Morgan fingerprint density at radius 2 is 2.24 bits per heavy atom. The highest BCUT2D eigenvalue weighted by Gasteiger charge is 2.33. The first-order valence-corrected chi connectivity index (χ1v) is 9.43. The third-order valence-corrected chi connectivity index (χ3v) is 6.01. The molecule has 0 radical (unpaired) electrons. The van der Waals surface area contributed by atoms with Crippen molar-refractivity contribution in [2.45, 2.75) is 38.5 Å². The smallest absolute Gasteiger partial charge is 0.263 e. The van der Waals surface area contributed by atoms with Crippen molar-refractivity contribution in [3.8, 4) is 0 Å². The Hall–Kier alpha value is -0.880. The topological polar surface area (TPSA) is 58.4 Å². The van der Waals surface area contributed by atoms with Gasteiger partial charge in [0, 0.05) is 19.6 Å². The summed E-state index contributed by atoms with van der Waals surface area (Å²) >= 11 is 3.17. The quantitative estimate of drug-likeness (QED) is 0.814. The highest BCUT2D eigenvalue weighted by atomic mass is 32.2. The number of nitrogens with zero attached hydrogens (tertiary/aromatic N) is 1. The van der Waals surface area contributed by atoms with Crippen LogP contribution in [0, 0.1) is 5.41 Å². The maximum atomic E-state index is 12.2. The van der Waals surface area contributed by atoms with E-state index >= 15 is 0 Å². The number of thioether (sulfide) groups is 1. The number of carbonyl (C=O) groups excluding carboxylic acids is 1. The number of nitrogens with one attached hydrogen (secondary N) is 1. The second-order valence-corrected chi connectivity index (χ2v) is 8.09. The van der Waals surface area contributed by atoms with Crippen molar-refractivity contribution in [3.63, 3.8) is 0 Å². The molecule has 6 heteroatoms. The molecule has 1 saturated heterocycles. The molecular formula is C15H25N3OS2. The van der Waals surface area contributed by atoms with Crippen molar-refractivity contribution >= 4 is 39.7 Å². The number of nitrogens with two attached hydrogens (primary N) is 1. The Labute approximate surface area is 135 Å². The summed E-state index contributed by atoms with van der Waals surface area (Å²) in [5, 5.41) is 4.08. The number of thiophene rings is 1. The molecule has 2 heterocycles. The van der Waals surface area contributed by atoms with Crippen molar-refractivity contribution in [1.29, 1.82) is 0 Å². The fourth-order valence-corrected chi connectivity index (χ4v) is 4.72. The summed E-state index contributed by atoms with van der Waals surface area (Å²) in [7, 11) is 0. The molecule has 3 N–H and O–H groups in total. The number of carbonyl (C=O) groups is 1. The number of rotatable bonds is 5. The molecule has 1 aromatic rings. The van der Waals surface area contributed by atoms with Crippen molar-refractivity contribution in [2.24, 2.45) is 5.41 Å². The van der Waals surface area contributed by atoms with Crippen LogP contribution in [0.1, 0.15) is 43.3 Å². The van der Waals surface area contributed by atoms with Crippen molar-refractivity contribution in [3.05, 3.63) is 4.88 Å². The van der Waals surface area contributed by atoms with Gasteiger partial charge in [-0.25, -0.2) is 0 Å². The summed E-state index contributed by atoms with van der Waals surface area (Å²) in [5.74, 6) is -0.0423. The van der Waals surface area contributed by atoms with Crippen LogP contribution in [0.25, 0.3) is 0 Å². The lowest BCUT2D eigenvalue weighted by molar-refractivity contribution is 0.0958. The lowest BCUT2D eigenvalue weighted by atomic mass is 9.93. The van der Waals surface area contributed by atoms with Gasteiger partial charge in [-0.3, -0.25) is 4.79 Å². The molecule has 0 bridgehead atoms. The Bertz CT molecular complexity index is 525. The Morgan fingerprint density at radius 1 is 1.52 bits per heavy atom. The van der Waals surface area contributed by atoms with Crippen molar-refractivity contribution in [2.75, 3.05) is 36.5 Å². The van der Waals surface area contributed by atoms with Gasteiger partial charge >= 0.3 is 0 Å². The van der Waals surface area contributed by atoms with Crippen LogP contribution in [-0.4, -0.2) is 31.8 Å². The fraction of sp³-hybridized carbons (Fsp3) is 0.667. The van der Waals surface area contributed by atoms with E-state index in [1.165, 1.54) is 17.8 Å². The molecule has 2 rings (SSSR count). The van der Waals surface area contributed by atoms with Gasteiger partial charge in [0.25, 0.3) is 5.91 Å². The third-order valence-electron chi connectivity index (χ3n) is 3.79. The van der Waals surface area contributed by atoms with Crippen molar-refractivity contribution in [1.82, 2.24) is 5.32 Å². The molecule has 1 aliphatic rings. The highest BCUT2D eigenvalue weighted by Crippen LogP contribution is 2.46. The average molecular weight is 328 g/mol. The molecule has 4 nitrogen and oxygen atoms in total. The van der Waals surface area contributed by atoms with Crippen LogP contribution in [0.3, 0.4) is 0 Å². The van der Waals surface area contributed by atoms with Gasteiger partial charge in [-0.2, -0.15) is 0 Å². The van der Waals surface area contributed by atoms with Gasteiger partial charge in [0.2, 0.25) is 0 Å². The molecule has 0 spiro atoms. The molecule has 0 saturated carbocycles. The maximum Gasteiger partial charge on any atom is 0.263 e. The summed E-state index contributed by atoms with van der Waals surface area (Å²) in [6.07, 6.45) is 4.13. The fourth-order valence-electron chi connectivity index (χ4n) is 2.59. The monoisotopic (exact) mass is 327 g/mol. The van der Waals surface area contributed by atoms with Gasteiger partial charge in [-0.1, -0.05) is 20.8 Å². The van der Waals surface area contributed by atoms with Crippen molar-refractivity contribution < 1.29 is 4.79 Å². The molecule has 0 aromatic carbocycles. The van der Waals surface area contributed by atoms with Crippen LogP contribution in [0.4, 0.5) is 10.7 Å². The van der Waals surface area contributed by atoms with E-state index in [9.17, 15) is 4.79 Å². The van der Waals surface area contributed by atoms with Gasteiger partial charge in [0.1, 0.15) is 9.88 Å². The van der Waals surface area contributed by atoms with Crippen LogP contribution in [0.15, 0.2) is 4.90 Å². The molecular weight excluding hydrogens is 302 g/mol. The molecule has 0 aliphatic carbocycles. The predicted molar refractivity (Wildman–Crippen MR) is 93.7 cm³/mol. The third kappa shape index (κ3) is 3.48. The predicted octanol–water partition coefficient (Wildman–Crippen LogP) is 3.43. The van der Waals surface area contributed by atoms with Crippen LogP contribution in [0.5, 0.6) is 0 Å². The van der Waals surface area contributed by atoms with E-state index < -0.39 is 0 Å². The molecule has 1 aromatic heterocycles. The van der Waals surface area contributed by atoms with Gasteiger partial charge in [0.15, 0.2) is 0 Å². The summed E-state index contributed by atoms with van der Waals surface area (Å²) in [6.45, 7) is 9.38. The first-order valence-electron chi connectivity index (χ1n) is 7.39. The highest BCUT2D eigenvalue weighted by molar-refractivity contribution is 7.99. The Balaban J connectivity index is 2.28. The van der Waals surface area contributed by atoms with Gasteiger partial charge in [-0.05, 0) is 24.5 Å². The van der Waals surface area contributed by atoms with E-state index in [-0.39, 0.29) is 5.91 Å². The van der Waals surface area contributed by atoms with Gasteiger partial charge in [-0.15, -0.1) is 23.1 Å². The van der Waals surface area contributed by atoms with Crippen LogP contribution in [-0.2, 0) is 0 Å². The molecule has 0 atom stereocenters. The maximum absolute atomic E-state index is 12.2. The summed E-state index contributed by atoms with van der Waals surface area (Å²) in [6, 6.07) is 0. The van der Waals surface area contributed by atoms with E-state index in [1.54, 1.807) is 11.8 Å². The summed E-state index contributed by atoms with van der Waals surface area (Å²) < 4.78 is 0. The second kappa shape index (κ2) is 6.48. The Morgan fingerprint density at radius 3 is 2.76 bits per heavy atom. The molecule has 1 amide bonds. The molecule has 118 valence electrons. The lowest BCUT2D eigenvalue weighted by Gasteiger charge is -2.21. The van der Waals surface area contributed by atoms with Gasteiger partial charge < -0.3 is 16.0 Å². The zero-order valence-electron chi connectivity index (χ0n) is 13.3. The number of nitrogen functional groups attached to an aromatic ring is 1. The lowest BCUT2D eigenvalue weighted by Crippen LogP contribution is -2.23. The zero-order valence-corrected chi connectivity index (χ0v) is 14.9. The summed E-state index contributed by atoms with van der Waals surface area (Å²) in [4.78, 5) is 16.3. The minimum atomic E-state index is -0.0423. The summed E-state index contributed by atoms with van der Waals surface area (Å²) in [5.41, 5.74) is 7.20. The molecule has 0 unspecified atom stereocenters. The van der Waals surface area contributed by atoms with E-state index in [1.807, 2.05) is 13.2 Å². The first kappa shape index (κ1) is 16.5. The zero-order chi connectivity index (χ0) is 15.6. The SMILES string of the molecule is CCCNC(=O)c1sc(N2CCC(C)(C)C2)c(SC)c1N. The first-order chi connectivity index (χ1) is 9.89. The van der Waals surface area contributed by atoms with E-state index in [0.717, 1.165) is 29.4 Å². The van der Waals surface area contributed by atoms with Crippen LogP contribution >= 0.6 is 23.1 Å². The molecule has 21 heavy (non-hydrogen) atoms. The van der Waals surface area contributed by atoms with E-state index in [0.29, 0.717) is 22.5 Å². The van der Waals surface area contributed by atoms with Crippen LogP contribution < -0.4 is 16.0 Å². The number of hydrogen-bond donors (Lipinski definition) is 2. The minimum Gasteiger partial charge on any atom is -0.396 e. The number of amides is 1. The molecule has 1 fully saturated rings. The second-order valence-electron chi connectivity index (χ2n) is 6.27. The standard InChI is InChI=1S/C15H25N3OS2/c1-5-7-17-13(19)11-10(16)12(20-4)14(21-11)18-8-6-15(2,3)9-18/h5-9,16H2,1-4H3,(H,17,19). The Kier molecular flexibility index (Phi) is 5.09. The van der Waals surface area contributed by atoms with Crippen LogP contribution in [0.2, 0.25) is 0 Å². The number of anilines is 2. The average Bonchev–Trinajstić information content (AvgIpc) is 2.95. The normalized spacial score (nSPS) is 17.2. The van der Waals surface area contributed by atoms with Gasteiger partial charge in [0.05, 0.1) is 10.6 Å². The largest absolute Gasteiger partial charge is 0.396 e. The van der Waals surface area contributed by atoms with E-state index in [4.69, 9.17) is 5.73 Å². The number of hydrogen-bond acceptors (Lipinski definition) is 5. The molecule has 1 aliphatic heterocycles. The minimum absolute atomic E-state index is 0.0423. The van der Waals surface area contributed by atoms with E-state index in [2.05, 4.69) is 24.1 Å².